The van der Waals surface area contributed by atoms with Gasteiger partial charge in [0.1, 0.15) is 5.82 Å². The second kappa shape index (κ2) is 5.88. The van der Waals surface area contributed by atoms with Gasteiger partial charge in [-0.25, -0.2) is 4.98 Å². The number of carbonyl (C=O) groups excluding carboxylic acids is 1. The van der Waals surface area contributed by atoms with Crippen LogP contribution in [0.3, 0.4) is 0 Å². The zero-order valence-corrected chi connectivity index (χ0v) is 12.9. The van der Waals surface area contributed by atoms with Gasteiger partial charge in [-0.2, -0.15) is 0 Å². The Morgan fingerprint density at radius 3 is 2.58 bits per heavy atom. The summed E-state index contributed by atoms with van der Waals surface area (Å²) in [5, 5.41) is 0. The first-order chi connectivity index (χ1) is 8.99. The van der Waals surface area contributed by atoms with E-state index in [4.69, 9.17) is 5.73 Å². The standard InChI is InChI=1S/C13H19BrN4O/c1-9(2)17-3-5-18(6-4-17)13(19)11-7-10(14)8-16-12(11)15/h7-9H,3-6H2,1-2H3,(H2,15,16). The highest BCUT2D eigenvalue weighted by Crippen LogP contribution is 2.18. The summed E-state index contributed by atoms with van der Waals surface area (Å²) in [7, 11) is 0. The van der Waals surface area contributed by atoms with E-state index < -0.39 is 0 Å². The Bertz CT molecular complexity index is 470. The molecule has 0 aromatic carbocycles. The van der Waals surface area contributed by atoms with Gasteiger partial charge in [0.2, 0.25) is 0 Å². The first kappa shape index (κ1) is 14.3. The molecule has 0 radical (unpaired) electrons. The fourth-order valence-electron chi connectivity index (χ4n) is 2.23. The maximum Gasteiger partial charge on any atom is 0.257 e. The number of hydrogen-bond acceptors (Lipinski definition) is 4. The Hall–Kier alpha value is -1.14. The van der Waals surface area contributed by atoms with Gasteiger partial charge in [-0.3, -0.25) is 9.69 Å². The van der Waals surface area contributed by atoms with Crippen molar-refractivity contribution in [2.75, 3.05) is 31.9 Å². The summed E-state index contributed by atoms with van der Waals surface area (Å²) in [6, 6.07) is 2.26. The number of nitrogen functional groups attached to an aromatic ring is 1. The SMILES string of the molecule is CC(C)N1CCN(C(=O)c2cc(Br)cnc2N)CC1. The van der Waals surface area contributed by atoms with E-state index in [-0.39, 0.29) is 5.91 Å². The molecule has 2 rings (SSSR count). The van der Waals surface area contributed by atoms with Gasteiger partial charge in [-0.1, -0.05) is 0 Å². The molecule has 1 aliphatic rings. The third-order valence-electron chi connectivity index (χ3n) is 3.45. The van der Waals surface area contributed by atoms with Crippen molar-refractivity contribution in [3.8, 4) is 0 Å². The van der Waals surface area contributed by atoms with Gasteiger partial charge in [0, 0.05) is 42.9 Å². The van der Waals surface area contributed by atoms with Crippen molar-refractivity contribution in [1.82, 2.24) is 14.8 Å². The second-order valence-corrected chi connectivity index (χ2v) is 5.92. The number of pyridine rings is 1. The summed E-state index contributed by atoms with van der Waals surface area (Å²) >= 11 is 3.32. The molecule has 0 aliphatic carbocycles. The summed E-state index contributed by atoms with van der Waals surface area (Å²) in [6.45, 7) is 7.64. The summed E-state index contributed by atoms with van der Waals surface area (Å²) in [6.07, 6.45) is 1.60. The average molecular weight is 327 g/mol. The molecular formula is C13H19BrN4O. The molecule has 2 N–H and O–H groups in total. The molecule has 1 fully saturated rings. The van der Waals surface area contributed by atoms with Crippen molar-refractivity contribution in [2.45, 2.75) is 19.9 Å². The fourth-order valence-corrected chi connectivity index (χ4v) is 2.56. The third kappa shape index (κ3) is 3.25. The minimum atomic E-state index is -0.0327. The van der Waals surface area contributed by atoms with E-state index in [1.807, 2.05) is 4.90 Å². The molecule has 19 heavy (non-hydrogen) atoms. The van der Waals surface area contributed by atoms with E-state index in [1.165, 1.54) is 0 Å². The predicted molar refractivity (Wildman–Crippen MR) is 79.0 cm³/mol. The van der Waals surface area contributed by atoms with Crippen molar-refractivity contribution in [3.05, 3.63) is 22.3 Å². The Morgan fingerprint density at radius 2 is 2.00 bits per heavy atom. The summed E-state index contributed by atoms with van der Waals surface area (Å²) in [4.78, 5) is 20.6. The van der Waals surface area contributed by atoms with E-state index in [0.717, 1.165) is 30.7 Å². The van der Waals surface area contributed by atoms with E-state index >= 15 is 0 Å². The number of amides is 1. The van der Waals surface area contributed by atoms with Crippen LogP contribution in [-0.2, 0) is 0 Å². The molecule has 6 heteroatoms. The van der Waals surface area contributed by atoms with Crippen LogP contribution < -0.4 is 5.73 Å². The maximum atomic E-state index is 12.4. The molecule has 0 spiro atoms. The Morgan fingerprint density at radius 1 is 1.37 bits per heavy atom. The molecule has 0 atom stereocenters. The largest absolute Gasteiger partial charge is 0.383 e. The number of carbonyl (C=O) groups is 1. The Labute approximate surface area is 121 Å². The maximum absolute atomic E-state index is 12.4. The molecule has 0 unspecified atom stereocenters. The highest BCUT2D eigenvalue weighted by atomic mass is 79.9. The Balaban J connectivity index is 2.07. The van der Waals surface area contributed by atoms with Crippen LogP contribution >= 0.6 is 15.9 Å². The van der Waals surface area contributed by atoms with E-state index in [0.29, 0.717) is 17.4 Å². The molecule has 1 aromatic rings. The monoisotopic (exact) mass is 326 g/mol. The van der Waals surface area contributed by atoms with Gasteiger partial charge < -0.3 is 10.6 Å². The number of hydrogen-bond donors (Lipinski definition) is 1. The smallest absolute Gasteiger partial charge is 0.257 e. The fraction of sp³-hybridized carbons (Fsp3) is 0.538. The lowest BCUT2D eigenvalue weighted by atomic mass is 10.2. The lowest BCUT2D eigenvalue weighted by Crippen LogP contribution is -2.50. The van der Waals surface area contributed by atoms with Gasteiger partial charge in [-0.15, -0.1) is 0 Å². The van der Waals surface area contributed by atoms with Gasteiger partial charge >= 0.3 is 0 Å². The van der Waals surface area contributed by atoms with Crippen LogP contribution in [0.15, 0.2) is 16.7 Å². The van der Waals surface area contributed by atoms with E-state index in [9.17, 15) is 4.79 Å². The van der Waals surface area contributed by atoms with Gasteiger partial charge in [0.15, 0.2) is 0 Å². The highest BCUT2D eigenvalue weighted by Gasteiger charge is 2.24. The molecular weight excluding hydrogens is 308 g/mol. The zero-order chi connectivity index (χ0) is 14.0. The lowest BCUT2D eigenvalue weighted by Gasteiger charge is -2.37. The second-order valence-electron chi connectivity index (χ2n) is 5.01. The summed E-state index contributed by atoms with van der Waals surface area (Å²) in [5.74, 6) is 0.259. The van der Waals surface area contributed by atoms with Gasteiger partial charge in [-0.05, 0) is 35.8 Å². The number of rotatable bonds is 2. The van der Waals surface area contributed by atoms with Crippen LogP contribution in [0, 0.1) is 0 Å². The molecule has 104 valence electrons. The number of halogens is 1. The normalized spacial score (nSPS) is 16.9. The zero-order valence-electron chi connectivity index (χ0n) is 11.3. The number of piperazine rings is 1. The summed E-state index contributed by atoms with van der Waals surface area (Å²) in [5.41, 5.74) is 6.26. The van der Waals surface area contributed by atoms with Crippen molar-refractivity contribution in [2.24, 2.45) is 0 Å². The van der Waals surface area contributed by atoms with Gasteiger partial charge in [0.05, 0.1) is 5.56 Å². The van der Waals surface area contributed by atoms with Crippen molar-refractivity contribution in [1.29, 1.82) is 0 Å². The molecule has 1 saturated heterocycles. The van der Waals surface area contributed by atoms with Crippen LogP contribution in [-0.4, -0.2) is 52.9 Å². The minimum Gasteiger partial charge on any atom is -0.383 e. The minimum absolute atomic E-state index is 0.0327. The highest BCUT2D eigenvalue weighted by molar-refractivity contribution is 9.10. The van der Waals surface area contributed by atoms with E-state index in [1.54, 1.807) is 12.3 Å². The molecule has 1 amide bonds. The van der Waals surface area contributed by atoms with Crippen LogP contribution in [0.25, 0.3) is 0 Å². The van der Waals surface area contributed by atoms with E-state index in [2.05, 4.69) is 39.7 Å². The van der Waals surface area contributed by atoms with Crippen LogP contribution in [0.1, 0.15) is 24.2 Å². The number of nitrogens with two attached hydrogens (primary N) is 1. The molecule has 0 bridgehead atoms. The number of nitrogens with zero attached hydrogens (tertiary/aromatic N) is 3. The van der Waals surface area contributed by atoms with Crippen LogP contribution in [0.2, 0.25) is 0 Å². The molecule has 1 aliphatic heterocycles. The van der Waals surface area contributed by atoms with Crippen LogP contribution in [0.4, 0.5) is 5.82 Å². The topological polar surface area (TPSA) is 62.5 Å². The summed E-state index contributed by atoms with van der Waals surface area (Å²) < 4.78 is 0.769. The third-order valence-corrected chi connectivity index (χ3v) is 3.88. The first-order valence-electron chi connectivity index (χ1n) is 6.43. The number of aromatic nitrogens is 1. The predicted octanol–water partition coefficient (Wildman–Crippen LogP) is 1.59. The van der Waals surface area contributed by atoms with Crippen molar-refractivity contribution in [3.63, 3.8) is 0 Å². The first-order valence-corrected chi connectivity index (χ1v) is 7.22. The van der Waals surface area contributed by atoms with Crippen molar-refractivity contribution >= 4 is 27.7 Å². The van der Waals surface area contributed by atoms with Crippen LogP contribution in [0.5, 0.6) is 0 Å². The van der Waals surface area contributed by atoms with Crippen molar-refractivity contribution < 1.29 is 4.79 Å². The van der Waals surface area contributed by atoms with Gasteiger partial charge in [0.25, 0.3) is 5.91 Å². The molecule has 0 saturated carbocycles. The lowest BCUT2D eigenvalue weighted by molar-refractivity contribution is 0.0596. The number of anilines is 1. The molecule has 5 nitrogen and oxygen atoms in total. The average Bonchev–Trinajstić information content (AvgIpc) is 2.41. The molecule has 1 aromatic heterocycles. The quantitative estimate of drug-likeness (QED) is 0.896. The Kier molecular flexibility index (Phi) is 4.42. The molecule has 2 heterocycles.